The van der Waals surface area contributed by atoms with Crippen molar-refractivity contribution < 1.29 is 28.1 Å². The Balaban J connectivity index is 1.07. The number of fused-ring (bicyclic) bond motifs is 1. The molecule has 260 valence electrons. The lowest BCUT2D eigenvalue weighted by atomic mass is 10.00. The molecule has 7 rings (SSSR count). The highest BCUT2D eigenvalue weighted by Gasteiger charge is 2.52. The maximum Gasteiger partial charge on any atom is 0.262 e. The number of nitrogens with one attached hydrogen (secondary N) is 2. The van der Waals surface area contributed by atoms with Gasteiger partial charge in [0.15, 0.2) is 0 Å². The van der Waals surface area contributed by atoms with Gasteiger partial charge in [0.25, 0.3) is 17.4 Å². The standard InChI is InChI=1S/C39H37FN6O5/c1-22-7-8-25(35-23(2)44-51-24(35)3)19-33(22)45(27-11-9-26(10-12-27)39(41-4)15-16-39)18-6-5-17-42-31-21-29-28(20-30(31)40)37(49)46(38(29)50)32-13-14-34(47)43-36(32)48/h7-12,19-21,32,42H,5-6,13-18H2,1-3H3,(H,43,47,48). The lowest BCUT2D eigenvalue weighted by molar-refractivity contribution is -0.136. The third-order valence-electron chi connectivity index (χ3n) is 10.1. The van der Waals surface area contributed by atoms with Crippen molar-refractivity contribution in [2.75, 3.05) is 23.3 Å². The minimum Gasteiger partial charge on any atom is -0.383 e. The van der Waals surface area contributed by atoms with Gasteiger partial charge in [-0.25, -0.2) is 11.0 Å². The van der Waals surface area contributed by atoms with Crippen LogP contribution in [0, 0.1) is 33.2 Å². The number of rotatable bonds is 11. The molecule has 2 N–H and O–H groups in total. The number of hydrogen-bond acceptors (Lipinski definition) is 8. The summed E-state index contributed by atoms with van der Waals surface area (Å²) in [6.45, 7) is 14.6. The first-order valence-electron chi connectivity index (χ1n) is 17.1. The maximum atomic E-state index is 15.2. The minimum atomic E-state index is -1.12. The minimum absolute atomic E-state index is 0.00283. The van der Waals surface area contributed by atoms with Crippen molar-refractivity contribution in [2.24, 2.45) is 0 Å². The molecular formula is C39H37FN6O5. The zero-order chi connectivity index (χ0) is 36.0. The lowest BCUT2D eigenvalue weighted by Crippen LogP contribution is -2.54. The van der Waals surface area contributed by atoms with Crippen LogP contribution in [0.3, 0.4) is 0 Å². The molecule has 2 aliphatic heterocycles. The van der Waals surface area contributed by atoms with Gasteiger partial charge in [0, 0.05) is 54.9 Å². The second kappa shape index (κ2) is 13.1. The van der Waals surface area contributed by atoms with E-state index in [9.17, 15) is 19.2 Å². The van der Waals surface area contributed by atoms with Crippen LogP contribution in [0.1, 0.15) is 81.8 Å². The van der Waals surface area contributed by atoms with E-state index in [1.54, 1.807) is 0 Å². The van der Waals surface area contributed by atoms with E-state index in [1.807, 2.05) is 26.0 Å². The molecule has 0 radical (unpaired) electrons. The zero-order valence-electron chi connectivity index (χ0n) is 28.6. The van der Waals surface area contributed by atoms with Crippen LogP contribution in [0.2, 0.25) is 0 Å². The Labute approximate surface area is 294 Å². The summed E-state index contributed by atoms with van der Waals surface area (Å²) in [5.74, 6) is -2.56. The highest BCUT2D eigenvalue weighted by Crippen LogP contribution is 2.50. The number of amides is 4. The monoisotopic (exact) mass is 688 g/mol. The van der Waals surface area contributed by atoms with E-state index in [0.717, 1.165) is 75.3 Å². The van der Waals surface area contributed by atoms with E-state index in [0.29, 0.717) is 19.5 Å². The van der Waals surface area contributed by atoms with E-state index in [2.05, 4.69) is 62.8 Å². The van der Waals surface area contributed by atoms with Gasteiger partial charge in [0.05, 0.1) is 22.5 Å². The molecule has 1 aliphatic carbocycles. The number of anilines is 3. The normalized spacial score (nSPS) is 17.6. The van der Waals surface area contributed by atoms with Crippen LogP contribution < -0.4 is 15.5 Å². The van der Waals surface area contributed by atoms with Crippen LogP contribution in [0.25, 0.3) is 16.0 Å². The molecule has 1 saturated carbocycles. The number of carbonyl (C=O) groups is 4. The van der Waals surface area contributed by atoms with Gasteiger partial charge in [0.2, 0.25) is 11.8 Å². The molecule has 1 saturated heterocycles. The fourth-order valence-electron chi connectivity index (χ4n) is 7.12. The second-order valence-corrected chi connectivity index (χ2v) is 13.5. The van der Waals surface area contributed by atoms with Gasteiger partial charge in [-0.1, -0.05) is 17.3 Å². The van der Waals surface area contributed by atoms with Crippen molar-refractivity contribution >= 4 is 40.7 Å². The molecule has 0 spiro atoms. The summed E-state index contributed by atoms with van der Waals surface area (Å²) < 4.78 is 20.7. The first-order valence-corrected chi connectivity index (χ1v) is 17.1. The van der Waals surface area contributed by atoms with Gasteiger partial charge in [-0.3, -0.25) is 29.4 Å². The molecule has 1 atom stereocenters. The fourth-order valence-corrected chi connectivity index (χ4v) is 7.12. The van der Waals surface area contributed by atoms with E-state index >= 15 is 4.39 Å². The summed E-state index contributed by atoms with van der Waals surface area (Å²) in [6.07, 6.45) is 3.16. The number of piperidine rings is 1. The van der Waals surface area contributed by atoms with Gasteiger partial charge in [-0.15, -0.1) is 0 Å². The smallest absolute Gasteiger partial charge is 0.262 e. The Morgan fingerprint density at radius 1 is 1.02 bits per heavy atom. The van der Waals surface area contributed by atoms with Crippen molar-refractivity contribution in [3.63, 3.8) is 0 Å². The zero-order valence-corrected chi connectivity index (χ0v) is 28.6. The number of unbranched alkanes of at least 4 members (excludes halogenated alkanes) is 1. The lowest BCUT2D eigenvalue weighted by Gasteiger charge is -2.28. The van der Waals surface area contributed by atoms with Gasteiger partial charge in [-0.05, 0) is 93.6 Å². The SMILES string of the molecule is [C-]#[N+]C1(c2ccc(N(CCCCNc3cc4c(cc3F)C(=O)N(C3CCC(=O)NC3=O)C4=O)c3cc(-c4c(C)noc4C)ccc3C)cc2)CC1. The number of imide groups is 2. The summed E-state index contributed by atoms with van der Waals surface area (Å²) in [7, 11) is 0. The van der Waals surface area contributed by atoms with Gasteiger partial charge in [0.1, 0.15) is 17.6 Å². The van der Waals surface area contributed by atoms with Crippen LogP contribution >= 0.6 is 0 Å². The van der Waals surface area contributed by atoms with Gasteiger partial charge < -0.3 is 19.6 Å². The molecule has 3 aliphatic rings. The van der Waals surface area contributed by atoms with Crippen LogP contribution in [0.5, 0.6) is 0 Å². The highest BCUT2D eigenvalue weighted by molar-refractivity contribution is 6.23. The molecule has 11 nitrogen and oxygen atoms in total. The number of aryl methyl sites for hydroxylation is 3. The number of hydrogen-bond donors (Lipinski definition) is 2. The Hall–Kier alpha value is -5.83. The summed E-state index contributed by atoms with van der Waals surface area (Å²) in [6, 6.07) is 15.8. The predicted octanol–water partition coefficient (Wildman–Crippen LogP) is 6.75. The summed E-state index contributed by atoms with van der Waals surface area (Å²) in [5.41, 5.74) is 6.49. The topological polar surface area (TPSA) is 129 Å². The molecule has 4 aromatic rings. The number of aromatic nitrogens is 1. The molecular weight excluding hydrogens is 651 g/mol. The van der Waals surface area contributed by atoms with Crippen molar-refractivity contribution in [2.45, 2.75) is 70.9 Å². The van der Waals surface area contributed by atoms with Crippen molar-refractivity contribution in [1.29, 1.82) is 0 Å². The third-order valence-corrected chi connectivity index (χ3v) is 10.1. The highest BCUT2D eigenvalue weighted by atomic mass is 19.1. The van der Waals surface area contributed by atoms with Gasteiger partial charge in [-0.2, -0.15) is 0 Å². The van der Waals surface area contributed by atoms with Crippen molar-refractivity contribution in [3.05, 3.63) is 106 Å². The Morgan fingerprint density at radius 3 is 2.39 bits per heavy atom. The summed E-state index contributed by atoms with van der Waals surface area (Å²) in [4.78, 5) is 57.2. The average molecular weight is 689 g/mol. The summed E-state index contributed by atoms with van der Waals surface area (Å²) >= 11 is 0. The van der Waals surface area contributed by atoms with E-state index in [-0.39, 0.29) is 29.7 Å². The Kier molecular flexibility index (Phi) is 8.67. The molecule has 0 bridgehead atoms. The molecule has 12 heteroatoms. The number of nitrogens with zero attached hydrogens (tertiary/aromatic N) is 4. The van der Waals surface area contributed by atoms with E-state index in [4.69, 9.17) is 11.1 Å². The van der Waals surface area contributed by atoms with Crippen LogP contribution in [0.15, 0.2) is 59.1 Å². The molecule has 4 amide bonds. The Bertz CT molecular complexity index is 2110. The second-order valence-electron chi connectivity index (χ2n) is 13.5. The number of benzene rings is 3. The molecule has 1 aromatic heterocycles. The quantitative estimate of drug-likeness (QED) is 0.101. The van der Waals surface area contributed by atoms with Gasteiger partial charge >= 0.3 is 0 Å². The van der Waals surface area contributed by atoms with Crippen LogP contribution in [-0.2, 0) is 15.1 Å². The first kappa shape index (κ1) is 33.7. The number of halogens is 1. The average Bonchev–Trinajstić information content (AvgIpc) is 3.80. The molecule has 1 unspecified atom stereocenters. The van der Waals surface area contributed by atoms with Crippen molar-refractivity contribution in [1.82, 2.24) is 15.4 Å². The molecule has 3 aromatic carbocycles. The largest absolute Gasteiger partial charge is 0.383 e. The Morgan fingerprint density at radius 2 is 1.75 bits per heavy atom. The third kappa shape index (κ3) is 6.13. The summed E-state index contributed by atoms with van der Waals surface area (Å²) in [5, 5.41) is 9.39. The molecule has 3 heterocycles. The van der Waals surface area contributed by atoms with Crippen molar-refractivity contribution in [3.8, 4) is 11.1 Å². The maximum absolute atomic E-state index is 15.2. The first-order chi connectivity index (χ1) is 24.5. The van der Waals surface area contributed by atoms with E-state index in [1.165, 1.54) is 6.07 Å². The predicted molar refractivity (Wildman–Crippen MR) is 188 cm³/mol. The molecule has 51 heavy (non-hydrogen) atoms. The van der Waals surface area contributed by atoms with Crippen LogP contribution in [0.4, 0.5) is 21.5 Å². The fraction of sp³-hybridized carbons (Fsp3) is 0.333. The molecule has 2 fully saturated rings. The van der Waals surface area contributed by atoms with Crippen LogP contribution in [-0.4, -0.2) is 52.8 Å². The van der Waals surface area contributed by atoms with E-state index < -0.39 is 41.0 Å². The number of carbonyl (C=O) groups excluding carboxylic acids is 4.